The lowest BCUT2D eigenvalue weighted by molar-refractivity contribution is -0.128. The molecule has 0 saturated heterocycles. The van der Waals surface area contributed by atoms with Crippen molar-refractivity contribution in [2.75, 3.05) is 6.54 Å². The van der Waals surface area contributed by atoms with Crippen LogP contribution in [0, 0.1) is 12.8 Å². The van der Waals surface area contributed by atoms with Crippen molar-refractivity contribution >= 4 is 5.91 Å². The molecule has 3 nitrogen and oxygen atoms in total. The Kier molecular flexibility index (Phi) is 8.64. The van der Waals surface area contributed by atoms with Crippen LogP contribution in [0.5, 0.6) is 5.75 Å². The molecule has 0 aliphatic heterocycles. The molecule has 2 atom stereocenters. The number of amides is 1. The Bertz CT molecular complexity index is 428. The van der Waals surface area contributed by atoms with E-state index in [2.05, 4.69) is 19.2 Å². The lowest BCUT2D eigenvalue weighted by Gasteiger charge is -2.20. The normalized spacial score (nSPS) is 13.5. The second-order valence-corrected chi connectivity index (χ2v) is 5.99. The van der Waals surface area contributed by atoms with Crippen LogP contribution in [0.15, 0.2) is 24.3 Å². The van der Waals surface area contributed by atoms with Crippen LogP contribution in [-0.2, 0) is 4.79 Å². The predicted molar refractivity (Wildman–Crippen MR) is 92.2 cm³/mol. The van der Waals surface area contributed by atoms with E-state index >= 15 is 0 Å². The van der Waals surface area contributed by atoms with Gasteiger partial charge in [-0.25, -0.2) is 0 Å². The summed E-state index contributed by atoms with van der Waals surface area (Å²) in [5.41, 5.74) is 1.19. The molecule has 1 aromatic carbocycles. The summed E-state index contributed by atoms with van der Waals surface area (Å²) in [5, 5.41) is 3.06. The van der Waals surface area contributed by atoms with Gasteiger partial charge in [-0.2, -0.15) is 0 Å². The van der Waals surface area contributed by atoms with Gasteiger partial charge in [-0.1, -0.05) is 57.7 Å². The number of carbonyl (C=O) groups excluding carboxylic acids is 1. The highest BCUT2D eigenvalue weighted by Crippen LogP contribution is 2.15. The minimum Gasteiger partial charge on any atom is -0.481 e. The van der Waals surface area contributed by atoms with Gasteiger partial charge in [0.15, 0.2) is 6.10 Å². The molecular weight excluding hydrogens is 274 g/mol. The first-order valence-corrected chi connectivity index (χ1v) is 8.61. The van der Waals surface area contributed by atoms with E-state index in [4.69, 9.17) is 4.74 Å². The summed E-state index contributed by atoms with van der Waals surface area (Å²) in [6.07, 6.45) is 4.99. The summed E-state index contributed by atoms with van der Waals surface area (Å²) in [5.74, 6) is 1.32. The lowest BCUT2D eigenvalue weighted by Crippen LogP contribution is -2.40. The molecule has 0 unspecified atom stereocenters. The van der Waals surface area contributed by atoms with E-state index in [1.165, 1.54) is 24.8 Å². The Morgan fingerprint density at radius 1 is 1.14 bits per heavy atom. The topological polar surface area (TPSA) is 38.3 Å². The van der Waals surface area contributed by atoms with Crippen LogP contribution >= 0.6 is 0 Å². The van der Waals surface area contributed by atoms with Gasteiger partial charge in [-0.05, 0) is 37.8 Å². The highest BCUT2D eigenvalue weighted by molar-refractivity contribution is 5.81. The zero-order chi connectivity index (χ0) is 16.4. The third kappa shape index (κ3) is 6.50. The summed E-state index contributed by atoms with van der Waals surface area (Å²) in [4.78, 5) is 12.3. The molecule has 3 heteroatoms. The molecule has 1 rings (SSSR count). The molecule has 0 radical (unpaired) electrons. The van der Waals surface area contributed by atoms with Gasteiger partial charge in [0.25, 0.3) is 5.91 Å². The Morgan fingerprint density at radius 3 is 2.36 bits per heavy atom. The van der Waals surface area contributed by atoms with Gasteiger partial charge in [0.1, 0.15) is 5.75 Å². The molecule has 1 aromatic rings. The molecule has 1 amide bonds. The monoisotopic (exact) mass is 305 g/mol. The smallest absolute Gasteiger partial charge is 0.261 e. The number of benzene rings is 1. The first kappa shape index (κ1) is 18.5. The van der Waals surface area contributed by atoms with E-state index in [1.54, 1.807) is 0 Å². The average molecular weight is 305 g/mol. The Labute approximate surface area is 135 Å². The minimum absolute atomic E-state index is 0.00183. The number of hydrogen-bond donors (Lipinski definition) is 1. The maximum Gasteiger partial charge on any atom is 0.261 e. The van der Waals surface area contributed by atoms with Gasteiger partial charge < -0.3 is 10.1 Å². The average Bonchev–Trinajstić information content (AvgIpc) is 2.54. The van der Waals surface area contributed by atoms with Crippen molar-refractivity contribution in [2.24, 2.45) is 5.92 Å². The Morgan fingerprint density at radius 2 is 1.82 bits per heavy atom. The van der Waals surface area contributed by atoms with Crippen LogP contribution in [0.4, 0.5) is 0 Å². The maximum absolute atomic E-state index is 12.3. The van der Waals surface area contributed by atoms with E-state index < -0.39 is 6.10 Å². The molecule has 0 saturated carbocycles. The molecular formula is C19H31NO2. The molecule has 0 heterocycles. The lowest BCUT2D eigenvalue weighted by atomic mass is 9.99. The highest BCUT2D eigenvalue weighted by atomic mass is 16.5. The molecule has 124 valence electrons. The highest BCUT2D eigenvalue weighted by Gasteiger charge is 2.19. The Balaban J connectivity index is 2.48. The van der Waals surface area contributed by atoms with Gasteiger partial charge in [0.2, 0.25) is 0 Å². The van der Waals surface area contributed by atoms with Crippen molar-refractivity contribution in [1.82, 2.24) is 5.32 Å². The first-order valence-electron chi connectivity index (χ1n) is 8.61. The molecule has 0 aromatic heterocycles. The molecule has 22 heavy (non-hydrogen) atoms. The van der Waals surface area contributed by atoms with Crippen molar-refractivity contribution in [2.45, 2.75) is 65.9 Å². The summed E-state index contributed by atoms with van der Waals surface area (Å²) in [7, 11) is 0. The summed E-state index contributed by atoms with van der Waals surface area (Å²) >= 11 is 0. The van der Waals surface area contributed by atoms with Gasteiger partial charge in [-0.3, -0.25) is 4.79 Å². The number of unbranched alkanes of at least 4 members (excludes halogenated alkanes) is 1. The molecule has 0 bridgehead atoms. The number of nitrogens with one attached hydrogen (secondary N) is 1. The fourth-order valence-electron chi connectivity index (χ4n) is 2.41. The fraction of sp³-hybridized carbons (Fsp3) is 0.632. The van der Waals surface area contributed by atoms with Crippen LogP contribution in [0.3, 0.4) is 0 Å². The van der Waals surface area contributed by atoms with Gasteiger partial charge >= 0.3 is 0 Å². The van der Waals surface area contributed by atoms with E-state index in [1.807, 2.05) is 38.1 Å². The summed E-state index contributed by atoms with van der Waals surface area (Å²) in [6.45, 7) is 9.16. The van der Waals surface area contributed by atoms with E-state index in [0.717, 1.165) is 18.7 Å². The van der Waals surface area contributed by atoms with Crippen LogP contribution in [0.25, 0.3) is 0 Å². The van der Waals surface area contributed by atoms with Crippen molar-refractivity contribution < 1.29 is 9.53 Å². The second-order valence-electron chi connectivity index (χ2n) is 5.99. The van der Waals surface area contributed by atoms with Gasteiger partial charge in [0.05, 0.1) is 0 Å². The van der Waals surface area contributed by atoms with Crippen molar-refractivity contribution in [3.05, 3.63) is 29.8 Å². The molecule has 1 N–H and O–H groups in total. The molecule has 0 spiro atoms. The minimum atomic E-state index is -0.411. The zero-order valence-electron chi connectivity index (χ0n) is 14.5. The third-order valence-corrected chi connectivity index (χ3v) is 4.07. The molecule has 0 aliphatic rings. The second kappa shape index (κ2) is 10.3. The maximum atomic E-state index is 12.3. The number of hydrogen-bond acceptors (Lipinski definition) is 2. The number of aryl methyl sites for hydroxylation is 1. The van der Waals surface area contributed by atoms with E-state index in [0.29, 0.717) is 12.3 Å². The molecule has 0 fully saturated rings. The summed E-state index contributed by atoms with van der Waals surface area (Å²) < 4.78 is 5.82. The first-order chi connectivity index (χ1) is 10.6. The van der Waals surface area contributed by atoms with Gasteiger partial charge in [-0.15, -0.1) is 0 Å². The third-order valence-electron chi connectivity index (χ3n) is 4.07. The van der Waals surface area contributed by atoms with Crippen molar-refractivity contribution in [3.8, 4) is 5.75 Å². The van der Waals surface area contributed by atoms with Crippen LogP contribution < -0.4 is 10.1 Å². The largest absolute Gasteiger partial charge is 0.481 e. The molecule has 0 aliphatic carbocycles. The Hall–Kier alpha value is -1.51. The SMILES string of the molecule is CCCC[C@@H](CC)CNC(=O)[C@@H](CC)Oc1ccc(C)cc1. The van der Waals surface area contributed by atoms with Crippen LogP contribution in [0.2, 0.25) is 0 Å². The van der Waals surface area contributed by atoms with Gasteiger partial charge in [0, 0.05) is 6.54 Å². The number of ether oxygens (including phenoxy) is 1. The predicted octanol–water partition coefficient (Wildman–Crippen LogP) is 4.49. The van der Waals surface area contributed by atoms with E-state index in [9.17, 15) is 4.79 Å². The fourth-order valence-corrected chi connectivity index (χ4v) is 2.41. The van der Waals surface area contributed by atoms with Crippen LogP contribution in [0.1, 0.15) is 58.4 Å². The van der Waals surface area contributed by atoms with Crippen molar-refractivity contribution in [1.29, 1.82) is 0 Å². The number of carbonyl (C=O) groups is 1. The quantitative estimate of drug-likeness (QED) is 0.692. The van der Waals surface area contributed by atoms with Crippen LogP contribution in [-0.4, -0.2) is 18.6 Å². The standard InChI is InChI=1S/C19H31NO2/c1-5-8-9-16(6-2)14-20-19(21)18(7-3)22-17-12-10-15(4)11-13-17/h10-13,16,18H,5-9,14H2,1-4H3,(H,20,21)/t16-,18-/m1/s1. The zero-order valence-corrected chi connectivity index (χ0v) is 14.5. The number of rotatable bonds is 10. The summed E-state index contributed by atoms with van der Waals surface area (Å²) in [6, 6.07) is 7.83. The van der Waals surface area contributed by atoms with E-state index in [-0.39, 0.29) is 5.91 Å². The van der Waals surface area contributed by atoms with Crippen molar-refractivity contribution in [3.63, 3.8) is 0 Å².